The number of likely N-dealkylation sites (tertiary alicyclic amines) is 2. The third kappa shape index (κ3) is 3.59. The Morgan fingerprint density at radius 3 is 2.85 bits per heavy atom. The van der Waals surface area contributed by atoms with Crippen molar-refractivity contribution >= 4 is 11.8 Å². The predicted octanol–water partition coefficient (Wildman–Crippen LogP) is 1.18. The lowest BCUT2D eigenvalue weighted by Crippen LogP contribution is -2.52. The highest BCUT2D eigenvalue weighted by Crippen LogP contribution is 2.29. The molecule has 0 spiro atoms. The van der Waals surface area contributed by atoms with Gasteiger partial charge in [0.25, 0.3) is 0 Å². The average Bonchev–Trinajstić information content (AvgIpc) is 3.33. The van der Waals surface area contributed by atoms with Crippen LogP contribution in [0, 0.1) is 5.92 Å². The molecule has 0 aliphatic carbocycles. The van der Waals surface area contributed by atoms with Crippen molar-refractivity contribution in [3.05, 3.63) is 30.1 Å². The van der Waals surface area contributed by atoms with Gasteiger partial charge in [-0.1, -0.05) is 6.07 Å². The van der Waals surface area contributed by atoms with Gasteiger partial charge in [0.2, 0.25) is 11.8 Å². The Morgan fingerprint density at radius 2 is 2.08 bits per heavy atom. The van der Waals surface area contributed by atoms with E-state index in [1.807, 2.05) is 23.1 Å². The van der Waals surface area contributed by atoms with Crippen LogP contribution in [0.5, 0.6) is 0 Å². The number of carbonyl (C=O) groups is 2. The number of pyridine rings is 1. The highest BCUT2D eigenvalue weighted by atomic mass is 16.7. The Labute approximate surface area is 153 Å². The van der Waals surface area contributed by atoms with E-state index < -0.39 is 0 Å². The molecule has 4 rings (SSSR count). The van der Waals surface area contributed by atoms with Gasteiger partial charge in [-0.2, -0.15) is 0 Å². The van der Waals surface area contributed by atoms with E-state index in [0.29, 0.717) is 26.3 Å². The van der Waals surface area contributed by atoms with Gasteiger partial charge in [-0.15, -0.1) is 0 Å². The summed E-state index contributed by atoms with van der Waals surface area (Å²) in [4.78, 5) is 33.4. The molecule has 4 heterocycles. The van der Waals surface area contributed by atoms with Crippen LogP contribution in [-0.2, 0) is 25.6 Å². The summed E-state index contributed by atoms with van der Waals surface area (Å²) >= 11 is 0. The first-order valence-electron chi connectivity index (χ1n) is 9.44. The zero-order chi connectivity index (χ0) is 17.9. The predicted molar refractivity (Wildman–Crippen MR) is 92.8 cm³/mol. The van der Waals surface area contributed by atoms with Crippen LogP contribution < -0.4 is 0 Å². The zero-order valence-electron chi connectivity index (χ0n) is 14.9. The number of nitrogens with zero attached hydrogens (tertiary/aromatic N) is 3. The lowest BCUT2D eigenvalue weighted by atomic mass is 9.98. The summed E-state index contributed by atoms with van der Waals surface area (Å²) in [6.07, 6.45) is 4.65. The second-order valence-electron chi connectivity index (χ2n) is 7.20. The molecular weight excluding hydrogens is 334 g/mol. The van der Waals surface area contributed by atoms with E-state index in [4.69, 9.17) is 9.47 Å². The third-order valence-corrected chi connectivity index (χ3v) is 5.44. The summed E-state index contributed by atoms with van der Waals surface area (Å²) in [6, 6.07) is 5.63. The molecule has 1 aromatic rings. The number of carbonyl (C=O) groups excluding carboxylic acids is 2. The molecule has 0 saturated carbocycles. The molecular formula is C19H25N3O4. The van der Waals surface area contributed by atoms with Crippen LogP contribution in [0.15, 0.2) is 24.4 Å². The molecule has 7 heteroatoms. The minimum absolute atomic E-state index is 0.0240. The van der Waals surface area contributed by atoms with Crippen LogP contribution in [0.25, 0.3) is 0 Å². The summed E-state index contributed by atoms with van der Waals surface area (Å²) in [5, 5.41) is 0. The number of piperidine rings is 1. The summed E-state index contributed by atoms with van der Waals surface area (Å²) in [7, 11) is 0. The topological polar surface area (TPSA) is 72.0 Å². The molecule has 2 atom stereocenters. The number of ether oxygens (including phenoxy) is 2. The maximum Gasteiger partial charge on any atom is 0.228 e. The van der Waals surface area contributed by atoms with Crippen LogP contribution in [0.4, 0.5) is 0 Å². The van der Waals surface area contributed by atoms with Crippen LogP contribution in [0.3, 0.4) is 0 Å². The van der Waals surface area contributed by atoms with E-state index in [0.717, 1.165) is 31.5 Å². The highest BCUT2D eigenvalue weighted by molar-refractivity contribution is 5.89. The molecule has 0 bridgehead atoms. The minimum Gasteiger partial charge on any atom is -0.348 e. The number of hydrogen-bond donors (Lipinski definition) is 0. The zero-order valence-corrected chi connectivity index (χ0v) is 14.9. The Hall–Kier alpha value is -1.99. The first kappa shape index (κ1) is 17.4. The monoisotopic (exact) mass is 359 g/mol. The smallest absolute Gasteiger partial charge is 0.228 e. The van der Waals surface area contributed by atoms with Gasteiger partial charge in [0.15, 0.2) is 6.29 Å². The van der Waals surface area contributed by atoms with Gasteiger partial charge in [0, 0.05) is 25.7 Å². The van der Waals surface area contributed by atoms with E-state index in [1.165, 1.54) is 0 Å². The minimum atomic E-state index is -0.319. The number of amides is 2. The van der Waals surface area contributed by atoms with Crippen LogP contribution in [0.2, 0.25) is 0 Å². The van der Waals surface area contributed by atoms with Crippen molar-refractivity contribution in [2.75, 3.05) is 26.3 Å². The van der Waals surface area contributed by atoms with Crippen LogP contribution >= 0.6 is 0 Å². The second kappa shape index (κ2) is 7.72. The fraction of sp³-hybridized carbons (Fsp3) is 0.632. The third-order valence-electron chi connectivity index (χ3n) is 5.44. The van der Waals surface area contributed by atoms with E-state index in [9.17, 15) is 9.59 Å². The largest absolute Gasteiger partial charge is 0.348 e. The first-order chi connectivity index (χ1) is 12.7. The van der Waals surface area contributed by atoms with Gasteiger partial charge >= 0.3 is 0 Å². The van der Waals surface area contributed by atoms with Crippen molar-refractivity contribution in [2.24, 2.45) is 5.92 Å². The van der Waals surface area contributed by atoms with Crippen molar-refractivity contribution in [1.82, 2.24) is 14.8 Å². The summed E-state index contributed by atoms with van der Waals surface area (Å²) < 4.78 is 11.3. The number of aromatic nitrogens is 1. The van der Waals surface area contributed by atoms with Crippen molar-refractivity contribution in [2.45, 2.75) is 44.6 Å². The molecule has 0 radical (unpaired) electrons. The van der Waals surface area contributed by atoms with Crippen molar-refractivity contribution in [1.29, 1.82) is 0 Å². The van der Waals surface area contributed by atoms with Gasteiger partial charge in [0.1, 0.15) is 0 Å². The van der Waals surface area contributed by atoms with Gasteiger partial charge in [-0.3, -0.25) is 14.6 Å². The van der Waals surface area contributed by atoms with Crippen molar-refractivity contribution in [3.63, 3.8) is 0 Å². The second-order valence-corrected chi connectivity index (χ2v) is 7.20. The number of hydrogen-bond acceptors (Lipinski definition) is 5. The lowest BCUT2D eigenvalue weighted by molar-refractivity contribution is -0.154. The van der Waals surface area contributed by atoms with E-state index >= 15 is 0 Å². The van der Waals surface area contributed by atoms with Crippen molar-refractivity contribution < 1.29 is 19.1 Å². The maximum absolute atomic E-state index is 13.1. The Kier molecular flexibility index (Phi) is 5.17. The van der Waals surface area contributed by atoms with Crippen molar-refractivity contribution in [3.8, 4) is 0 Å². The molecule has 0 N–H and O–H groups in total. The van der Waals surface area contributed by atoms with Gasteiger partial charge in [-0.25, -0.2) is 0 Å². The molecule has 2 amide bonds. The Bertz CT molecular complexity index is 647. The van der Waals surface area contributed by atoms with E-state index in [-0.39, 0.29) is 36.5 Å². The summed E-state index contributed by atoms with van der Waals surface area (Å²) in [5.74, 6) is -0.199. The fourth-order valence-corrected chi connectivity index (χ4v) is 4.12. The van der Waals surface area contributed by atoms with Gasteiger partial charge < -0.3 is 19.3 Å². The molecule has 140 valence electrons. The lowest BCUT2D eigenvalue weighted by Gasteiger charge is -2.39. The SMILES string of the molecule is O=C1CC(C(=O)N2CCCCC2C2OCCO2)CN1Cc1ccccn1. The fourth-order valence-electron chi connectivity index (χ4n) is 4.12. The molecule has 7 nitrogen and oxygen atoms in total. The first-order valence-corrected chi connectivity index (χ1v) is 9.44. The van der Waals surface area contributed by atoms with Gasteiger partial charge in [0.05, 0.1) is 37.4 Å². The standard InChI is InChI=1S/C19H25N3O4/c23-17-11-14(12-21(17)13-15-5-1-3-7-20-15)18(24)22-8-4-2-6-16(22)19-25-9-10-26-19/h1,3,5,7,14,16,19H,2,4,6,8-13H2. The molecule has 2 unspecified atom stereocenters. The summed E-state index contributed by atoms with van der Waals surface area (Å²) in [5.41, 5.74) is 0.845. The number of rotatable bonds is 4. The van der Waals surface area contributed by atoms with Gasteiger partial charge in [-0.05, 0) is 31.4 Å². The molecule has 0 aromatic carbocycles. The Morgan fingerprint density at radius 1 is 1.23 bits per heavy atom. The molecule has 3 aliphatic rings. The summed E-state index contributed by atoms with van der Waals surface area (Å²) in [6.45, 7) is 2.81. The average molecular weight is 359 g/mol. The van der Waals surface area contributed by atoms with E-state index in [2.05, 4.69) is 4.98 Å². The highest BCUT2D eigenvalue weighted by Gasteiger charge is 2.42. The molecule has 3 saturated heterocycles. The van der Waals surface area contributed by atoms with Crippen LogP contribution in [0.1, 0.15) is 31.4 Å². The van der Waals surface area contributed by atoms with Crippen LogP contribution in [-0.4, -0.2) is 65.2 Å². The quantitative estimate of drug-likeness (QED) is 0.807. The van der Waals surface area contributed by atoms with E-state index in [1.54, 1.807) is 11.1 Å². The molecule has 3 aliphatic heterocycles. The molecule has 3 fully saturated rings. The normalized spacial score (nSPS) is 27.3. The molecule has 1 aromatic heterocycles. The Balaban J connectivity index is 1.41. The maximum atomic E-state index is 13.1. The molecule has 26 heavy (non-hydrogen) atoms.